The average Bonchev–Trinajstić information content (AvgIpc) is 2.75. The highest BCUT2D eigenvalue weighted by molar-refractivity contribution is 7.92. The summed E-state index contributed by atoms with van der Waals surface area (Å²) in [4.78, 5) is 27.1. The van der Waals surface area contributed by atoms with Gasteiger partial charge in [-0.25, -0.2) is 12.8 Å². The maximum absolute atomic E-state index is 14.3. The molecule has 2 aromatic rings. The fourth-order valence-electron chi connectivity index (χ4n) is 3.30. The number of anilines is 1. The maximum Gasteiger partial charge on any atom is 0.244 e. The van der Waals surface area contributed by atoms with Crippen molar-refractivity contribution < 1.29 is 27.1 Å². The predicted octanol–water partition coefficient (Wildman–Crippen LogP) is 2.46. The van der Waals surface area contributed by atoms with Gasteiger partial charge in [0, 0.05) is 18.7 Å². The lowest BCUT2D eigenvalue weighted by molar-refractivity contribution is -0.139. The van der Waals surface area contributed by atoms with Crippen molar-refractivity contribution in [1.29, 1.82) is 0 Å². The normalized spacial score (nSPS) is 12.1. The fraction of sp³-hybridized carbons (Fsp3) is 0.391. The van der Waals surface area contributed by atoms with E-state index in [0.29, 0.717) is 6.54 Å². The minimum Gasteiger partial charge on any atom is -0.495 e. The third-order valence-corrected chi connectivity index (χ3v) is 6.23. The SMILES string of the molecule is CCNC(=O)[C@@H](C)N(Cc1ccccc1F)C(=O)CN(c1cc(C)ccc1OC)S(C)(=O)=O. The minimum atomic E-state index is -3.90. The highest BCUT2D eigenvalue weighted by Crippen LogP contribution is 2.31. The van der Waals surface area contributed by atoms with Crippen LogP contribution in [0, 0.1) is 12.7 Å². The number of nitrogens with zero attached hydrogens (tertiary/aromatic N) is 2. The van der Waals surface area contributed by atoms with E-state index in [0.717, 1.165) is 16.1 Å². The van der Waals surface area contributed by atoms with Crippen LogP contribution in [0.25, 0.3) is 0 Å². The van der Waals surface area contributed by atoms with Crippen molar-refractivity contribution >= 4 is 27.5 Å². The van der Waals surface area contributed by atoms with E-state index in [4.69, 9.17) is 4.74 Å². The third kappa shape index (κ3) is 6.67. The Labute approximate surface area is 194 Å². The van der Waals surface area contributed by atoms with Gasteiger partial charge in [0.25, 0.3) is 0 Å². The smallest absolute Gasteiger partial charge is 0.244 e. The van der Waals surface area contributed by atoms with Gasteiger partial charge in [-0.1, -0.05) is 24.3 Å². The van der Waals surface area contributed by atoms with Gasteiger partial charge in [0.2, 0.25) is 21.8 Å². The van der Waals surface area contributed by atoms with Gasteiger partial charge in [-0.15, -0.1) is 0 Å². The second-order valence-electron chi connectivity index (χ2n) is 7.63. The van der Waals surface area contributed by atoms with Crippen LogP contribution >= 0.6 is 0 Å². The molecule has 0 aliphatic heterocycles. The lowest BCUT2D eigenvalue weighted by atomic mass is 10.1. The molecule has 0 unspecified atom stereocenters. The molecule has 0 aliphatic carbocycles. The molecule has 33 heavy (non-hydrogen) atoms. The number of nitrogens with one attached hydrogen (secondary N) is 1. The lowest BCUT2D eigenvalue weighted by Gasteiger charge is -2.32. The summed E-state index contributed by atoms with van der Waals surface area (Å²) in [6.07, 6.45) is 0.983. The van der Waals surface area contributed by atoms with Crippen LogP contribution in [0.2, 0.25) is 0 Å². The zero-order valence-electron chi connectivity index (χ0n) is 19.5. The second kappa shape index (κ2) is 11.1. The summed E-state index contributed by atoms with van der Waals surface area (Å²) in [5.74, 6) is -1.35. The summed E-state index contributed by atoms with van der Waals surface area (Å²) < 4.78 is 45.9. The summed E-state index contributed by atoms with van der Waals surface area (Å²) >= 11 is 0. The largest absolute Gasteiger partial charge is 0.495 e. The number of likely N-dealkylation sites (N-methyl/N-ethyl adjacent to an activating group) is 1. The number of hydrogen-bond acceptors (Lipinski definition) is 5. The van der Waals surface area contributed by atoms with Gasteiger partial charge in [-0.05, 0) is 44.5 Å². The molecule has 2 aromatic carbocycles. The third-order valence-electron chi connectivity index (χ3n) is 5.10. The van der Waals surface area contributed by atoms with E-state index in [9.17, 15) is 22.4 Å². The highest BCUT2D eigenvalue weighted by Gasteiger charge is 2.31. The Morgan fingerprint density at radius 1 is 1.18 bits per heavy atom. The van der Waals surface area contributed by atoms with Crippen LogP contribution in [0.5, 0.6) is 5.75 Å². The zero-order valence-corrected chi connectivity index (χ0v) is 20.3. The first-order valence-electron chi connectivity index (χ1n) is 10.4. The van der Waals surface area contributed by atoms with Crippen LogP contribution in [0.1, 0.15) is 25.0 Å². The fourth-order valence-corrected chi connectivity index (χ4v) is 4.15. The first-order valence-corrected chi connectivity index (χ1v) is 12.3. The quantitative estimate of drug-likeness (QED) is 0.565. The monoisotopic (exact) mass is 479 g/mol. The van der Waals surface area contributed by atoms with Crippen LogP contribution in [0.3, 0.4) is 0 Å². The number of amides is 2. The van der Waals surface area contributed by atoms with Crippen molar-refractivity contribution in [2.75, 3.05) is 30.8 Å². The standard InChI is InChI=1S/C23H30FN3O5S/c1-6-25-23(29)17(3)26(14-18-9-7-8-10-19(18)24)22(28)15-27(33(5,30)31)20-13-16(2)11-12-21(20)32-4/h7-13,17H,6,14-15H2,1-5H3,(H,25,29)/t17-/m1/s1. The molecule has 180 valence electrons. The number of benzene rings is 2. The molecule has 0 aromatic heterocycles. The molecule has 10 heteroatoms. The molecular weight excluding hydrogens is 449 g/mol. The van der Waals surface area contributed by atoms with Crippen molar-refractivity contribution in [2.24, 2.45) is 0 Å². The first kappa shape index (κ1) is 26.1. The number of ether oxygens (including phenoxy) is 1. The molecular formula is C23H30FN3O5S. The number of methoxy groups -OCH3 is 1. The number of rotatable bonds is 10. The van der Waals surface area contributed by atoms with Gasteiger partial charge in [0.1, 0.15) is 24.2 Å². The number of sulfonamides is 1. The lowest BCUT2D eigenvalue weighted by Crippen LogP contribution is -2.51. The topological polar surface area (TPSA) is 96.0 Å². The molecule has 0 spiro atoms. The van der Waals surface area contributed by atoms with Crippen molar-refractivity contribution in [2.45, 2.75) is 33.4 Å². The van der Waals surface area contributed by atoms with Crippen LogP contribution in [0.4, 0.5) is 10.1 Å². The first-order chi connectivity index (χ1) is 15.5. The molecule has 2 rings (SSSR count). The molecule has 0 radical (unpaired) electrons. The second-order valence-corrected chi connectivity index (χ2v) is 9.54. The Bertz CT molecular complexity index is 1110. The van der Waals surface area contributed by atoms with E-state index in [2.05, 4.69) is 5.32 Å². The minimum absolute atomic E-state index is 0.199. The van der Waals surface area contributed by atoms with E-state index in [1.807, 2.05) is 0 Å². The summed E-state index contributed by atoms with van der Waals surface area (Å²) in [6, 6.07) is 9.92. The summed E-state index contributed by atoms with van der Waals surface area (Å²) in [7, 11) is -2.50. The molecule has 2 amide bonds. The number of carbonyl (C=O) groups is 2. The Balaban J connectivity index is 2.47. The molecule has 0 heterocycles. The molecule has 0 aliphatic rings. The molecule has 1 atom stereocenters. The van der Waals surface area contributed by atoms with Gasteiger partial charge >= 0.3 is 0 Å². The molecule has 0 saturated heterocycles. The number of hydrogen-bond donors (Lipinski definition) is 1. The van der Waals surface area contributed by atoms with Gasteiger partial charge < -0.3 is 15.0 Å². The average molecular weight is 480 g/mol. The van der Waals surface area contributed by atoms with Crippen LogP contribution in [-0.4, -0.2) is 57.6 Å². The van der Waals surface area contributed by atoms with Gasteiger partial charge in [0.15, 0.2) is 0 Å². The Morgan fingerprint density at radius 3 is 2.42 bits per heavy atom. The predicted molar refractivity (Wildman–Crippen MR) is 125 cm³/mol. The molecule has 0 saturated carbocycles. The highest BCUT2D eigenvalue weighted by atomic mass is 32.2. The van der Waals surface area contributed by atoms with Gasteiger partial charge in [0.05, 0.1) is 19.1 Å². The van der Waals surface area contributed by atoms with Crippen molar-refractivity contribution in [3.8, 4) is 5.75 Å². The Morgan fingerprint density at radius 2 is 1.85 bits per heavy atom. The van der Waals surface area contributed by atoms with Gasteiger partial charge in [-0.2, -0.15) is 0 Å². The zero-order chi connectivity index (χ0) is 24.8. The van der Waals surface area contributed by atoms with E-state index in [1.165, 1.54) is 37.1 Å². The maximum atomic E-state index is 14.3. The van der Waals surface area contributed by atoms with E-state index in [-0.39, 0.29) is 23.5 Å². The van der Waals surface area contributed by atoms with Crippen molar-refractivity contribution in [1.82, 2.24) is 10.2 Å². The molecule has 0 fully saturated rings. The molecule has 0 bridgehead atoms. The van der Waals surface area contributed by atoms with Crippen LogP contribution < -0.4 is 14.4 Å². The molecule has 1 N–H and O–H groups in total. The summed E-state index contributed by atoms with van der Waals surface area (Å²) in [5.41, 5.74) is 1.18. The van der Waals surface area contributed by atoms with Crippen LogP contribution in [-0.2, 0) is 26.2 Å². The molecule has 8 nitrogen and oxygen atoms in total. The number of halogens is 1. The summed E-state index contributed by atoms with van der Waals surface area (Å²) in [6.45, 7) is 4.60. The van der Waals surface area contributed by atoms with Crippen molar-refractivity contribution in [3.05, 3.63) is 59.4 Å². The Kier molecular flexibility index (Phi) is 8.81. The van der Waals surface area contributed by atoms with Crippen LogP contribution in [0.15, 0.2) is 42.5 Å². The number of aryl methyl sites for hydroxylation is 1. The Hall–Kier alpha value is -3.14. The van der Waals surface area contributed by atoms with E-state index < -0.39 is 40.2 Å². The summed E-state index contributed by atoms with van der Waals surface area (Å²) in [5, 5.41) is 2.64. The van der Waals surface area contributed by atoms with E-state index in [1.54, 1.807) is 38.1 Å². The number of carbonyl (C=O) groups excluding carboxylic acids is 2. The van der Waals surface area contributed by atoms with E-state index >= 15 is 0 Å². The van der Waals surface area contributed by atoms with Crippen molar-refractivity contribution in [3.63, 3.8) is 0 Å². The van der Waals surface area contributed by atoms with Gasteiger partial charge in [-0.3, -0.25) is 13.9 Å².